The van der Waals surface area contributed by atoms with Gasteiger partial charge in [0.1, 0.15) is 5.75 Å². The smallest absolute Gasteiger partial charge is 0.173 e. The van der Waals surface area contributed by atoms with Crippen LogP contribution in [0.4, 0.5) is 0 Å². The summed E-state index contributed by atoms with van der Waals surface area (Å²) >= 11 is 0. The molecule has 0 saturated heterocycles. The van der Waals surface area contributed by atoms with Gasteiger partial charge in [-0.05, 0) is 30.5 Å². The molecule has 0 bridgehead atoms. The lowest BCUT2D eigenvalue weighted by Crippen LogP contribution is -2.45. The van der Waals surface area contributed by atoms with Crippen LogP contribution in [0.1, 0.15) is 36.8 Å². The lowest BCUT2D eigenvalue weighted by Gasteiger charge is -2.28. The fraction of sp³-hybridized carbons (Fsp3) is 0.533. The number of hydrogen-bond acceptors (Lipinski definition) is 5. The maximum Gasteiger partial charge on any atom is 0.173 e. The molecule has 0 aromatic heterocycles. The second-order valence-electron chi connectivity index (χ2n) is 5.52. The molecule has 0 aliphatic heterocycles. The number of aliphatic hydroxyl groups is 1. The SMILES string of the molecule is COc1cc(CNC2(CO)CCCC2)ccc1/C(N)=N/O. The predicted octanol–water partition coefficient (Wildman–Crippen LogP) is 1.18. The second-order valence-corrected chi connectivity index (χ2v) is 5.52. The zero-order valence-electron chi connectivity index (χ0n) is 12.3. The lowest BCUT2D eigenvalue weighted by atomic mass is 9.98. The number of nitrogens with zero attached hydrogens (tertiary/aromatic N) is 1. The number of oxime groups is 1. The molecule has 6 nitrogen and oxygen atoms in total. The van der Waals surface area contributed by atoms with Crippen molar-refractivity contribution in [1.82, 2.24) is 5.32 Å². The minimum Gasteiger partial charge on any atom is -0.496 e. The fourth-order valence-corrected chi connectivity index (χ4v) is 2.84. The van der Waals surface area contributed by atoms with E-state index >= 15 is 0 Å². The summed E-state index contributed by atoms with van der Waals surface area (Å²) in [5, 5.41) is 24.8. The van der Waals surface area contributed by atoms with Crippen LogP contribution in [0.15, 0.2) is 23.4 Å². The van der Waals surface area contributed by atoms with Crippen molar-refractivity contribution < 1.29 is 15.1 Å². The molecule has 0 heterocycles. The standard InChI is InChI=1S/C15H23N3O3/c1-21-13-8-11(4-5-12(13)14(16)18-20)9-17-15(10-19)6-2-3-7-15/h4-5,8,17,19-20H,2-3,6-7,9-10H2,1H3,(H2,16,18). The Balaban J connectivity index is 2.11. The molecule has 0 radical (unpaired) electrons. The van der Waals surface area contributed by atoms with Gasteiger partial charge in [-0.25, -0.2) is 0 Å². The first kappa shape index (κ1) is 15.6. The van der Waals surface area contributed by atoms with Crippen LogP contribution >= 0.6 is 0 Å². The molecule has 1 aromatic rings. The number of amidine groups is 1. The molecule has 1 aromatic carbocycles. The Morgan fingerprint density at radius 1 is 1.43 bits per heavy atom. The molecule has 0 atom stereocenters. The van der Waals surface area contributed by atoms with Gasteiger partial charge in [0.15, 0.2) is 5.84 Å². The molecule has 1 aliphatic carbocycles. The molecule has 0 unspecified atom stereocenters. The molecule has 5 N–H and O–H groups in total. The Bertz CT molecular complexity index is 511. The van der Waals surface area contributed by atoms with Crippen molar-refractivity contribution in [2.24, 2.45) is 10.9 Å². The first-order chi connectivity index (χ1) is 10.1. The lowest BCUT2D eigenvalue weighted by molar-refractivity contribution is 0.163. The van der Waals surface area contributed by atoms with E-state index in [4.69, 9.17) is 15.7 Å². The number of hydrogen-bond donors (Lipinski definition) is 4. The number of methoxy groups -OCH3 is 1. The Morgan fingerprint density at radius 3 is 2.71 bits per heavy atom. The minimum absolute atomic E-state index is 0.0222. The first-order valence-corrected chi connectivity index (χ1v) is 7.15. The summed E-state index contributed by atoms with van der Waals surface area (Å²) in [5.41, 5.74) is 7.04. The van der Waals surface area contributed by atoms with Gasteiger partial charge >= 0.3 is 0 Å². The van der Waals surface area contributed by atoms with Gasteiger partial charge in [0, 0.05) is 12.1 Å². The maximum absolute atomic E-state index is 9.60. The van der Waals surface area contributed by atoms with Crippen molar-refractivity contribution in [1.29, 1.82) is 0 Å². The van der Waals surface area contributed by atoms with Gasteiger partial charge in [0.05, 0.1) is 19.3 Å². The fourth-order valence-electron chi connectivity index (χ4n) is 2.84. The predicted molar refractivity (Wildman–Crippen MR) is 80.6 cm³/mol. The number of aliphatic hydroxyl groups excluding tert-OH is 1. The third kappa shape index (κ3) is 3.46. The summed E-state index contributed by atoms with van der Waals surface area (Å²) < 4.78 is 5.28. The van der Waals surface area contributed by atoms with E-state index in [0.717, 1.165) is 31.2 Å². The zero-order valence-corrected chi connectivity index (χ0v) is 12.3. The van der Waals surface area contributed by atoms with Crippen LogP contribution in [0.5, 0.6) is 5.75 Å². The summed E-state index contributed by atoms with van der Waals surface area (Å²) in [6.45, 7) is 0.805. The van der Waals surface area contributed by atoms with Gasteiger partial charge in [-0.2, -0.15) is 0 Å². The Labute approximate surface area is 124 Å². The van der Waals surface area contributed by atoms with E-state index in [1.54, 1.807) is 13.2 Å². The molecule has 1 fully saturated rings. The molecule has 0 amide bonds. The molecular weight excluding hydrogens is 270 g/mol. The normalized spacial score (nSPS) is 17.9. The maximum atomic E-state index is 9.60. The van der Waals surface area contributed by atoms with Crippen molar-refractivity contribution in [2.75, 3.05) is 13.7 Å². The molecule has 6 heteroatoms. The van der Waals surface area contributed by atoms with Crippen LogP contribution < -0.4 is 15.8 Å². The van der Waals surface area contributed by atoms with Crippen molar-refractivity contribution in [3.8, 4) is 5.75 Å². The highest BCUT2D eigenvalue weighted by Gasteiger charge is 2.32. The van der Waals surface area contributed by atoms with Crippen LogP contribution in [0.2, 0.25) is 0 Å². The van der Waals surface area contributed by atoms with Crippen molar-refractivity contribution in [3.63, 3.8) is 0 Å². The monoisotopic (exact) mass is 293 g/mol. The van der Waals surface area contributed by atoms with E-state index in [1.165, 1.54) is 0 Å². The van der Waals surface area contributed by atoms with Gasteiger partial charge in [-0.3, -0.25) is 0 Å². The summed E-state index contributed by atoms with van der Waals surface area (Å²) in [6.07, 6.45) is 4.31. The van der Waals surface area contributed by atoms with E-state index in [-0.39, 0.29) is 18.0 Å². The highest BCUT2D eigenvalue weighted by Crippen LogP contribution is 2.29. The van der Waals surface area contributed by atoms with Gasteiger partial charge in [-0.1, -0.05) is 24.1 Å². The van der Waals surface area contributed by atoms with Crippen LogP contribution in [-0.2, 0) is 6.54 Å². The summed E-state index contributed by atoms with van der Waals surface area (Å²) in [7, 11) is 1.55. The summed E-state index contributed by atoms with van der Waals surface area (Å²) in [5.74, 6) is 0.586. The molecule has 116 valence electrons. The Hall–Kier alpha value is -1.79. The Morgan fingerprint density at radius 2 is 2.14 bits per heavy atom. The van der Waals surface area contributed by atoms with Gasteiger partial charge in [-0.15, -0.1) is 0 Å². The van der Waals surface area contributed by atoms with Crippen molar-refractivity contribution >= 4 is 5.84 Å². The van der Waals surface area contributed by atoms with Gasteiger partial charge < -0.3 is 26.1 Å². The molecule has 0 spiro atoms. The third-order valence-corrected chi connectivity index (χ3v) is 4.18. The second kappa shape index (κ2) is 6.78. The van der Waals surface area contributed by atoms with E-state index in [1.807, 2.05) is 12.1 Å². The Kier molecular flexibility index (Phi) is 5.03. The summed E-state index contributed by atoms with van der Waals surface area (Å²) in [6, 6.07) is 5.54. The highest BCUT2D eigenvalue weighted by atomic mass is 16.5. The zero-order chi connectivity index (χ0) is 15.3. The number of rotatable bonds is 6. The third-order valence-electron chi connectivity index (χ3n) is 4.18. The molecular formula is C15H23N3O3. The quantitative estimate of drug-likeness (QED) is 0.273. The number of nitrogens with one attached hydrogen (secondary N) is 1. The number of ether oxygens (including phenoxy) is 1. The molecule has 1 aliphatic rings. The first-order valence-electron chi connectivity index (χ1n) is 7.15. The summed E-state index contributed by atoms with van der Waals surface area (Å²) in [4.78, 5) is 0. The molecule has 1 saturated carbocycles. The highest BCUT2D eigenvalue weighted by molar-refractivity contribution is 5.99. The van der Waals surface area contributed by atoms with Crippen LogP contribution in [0.25, 0.3) is 0 Å². The van der Waals surface area contributed by atoms with Crippen molar-refractivity contribution in [3.05, 3.63) is 29.3 Å². The largest absolute Gasteiger partial charge is 0.496 e. The number of nitrogens with two attached hydrogens (primary N) is 1. The van der Waals surface area contributed by atoms with E-state index < -0.39 is 0 Å². The van der Waals surface area contributed by atoms with Crippen LogP contribution in [-0.4, -0.2) is 35.4 Å². The molecule has 21 heavy (non-hydrogen) atoms. The topological polar surface area (TPSA) is 100 Å². The van der Waals surface area contributed by atoms with Crippen molar-refractivity contribution in [2.45, 2.75) is 37.8 Å². The van der Waals surface area contributed by atoms with Crippen LogP contribution in [0.3, 0.4) is 0 Å². The van der Waals surface area contributed by atoms with E-state index in [9.17, 15) is 5.11 Å². The number of benzene rings is 1. The average molecular weight is 293 g/mol. The minimum atomic E-state index is -0.155. The van der Waals surface area contributed by atoms with Crippen LogP contribution in [0, 0.1) is 0 Å². The molecule has 2 rings (SSSR count). The van der Waals surface area contributed by atoms with E-state index in [0.29, 0.717) is 17.9 Å². The van der Waals surface area contributed by atoms with E-state index in [2.05, 4.69) is 10.5 Å². The average Bonchev–Trinajstić information content (AvgIpc) is 3.01. The van der Waals surface area contributed by atoms with Gasteiger partial charge in [0.2, 0.25) is 0 Å². The van der Waals surface area contributed by atoms with Gasteiger partial charge in [0.25, 0.3) is 0 Å².